The summed E-state index contributed by atoms with van der Waals surface area (Å²) >= 11 is 0. The molecule has 0 fully saturated rings. The van der Waals surface area contributed by atoms with Crippen LogP contribution in [-0.4, -0.2) is 38.6 Å². The van der Waals surface area contributed by atoms with Crippen LogP contribution in [-0.2, 0) is 11.0 Å². The van der Waals surface area contributed by atoms with E-state index >= 15 is 0 Å². The molecule has 2 aromatic rings. The highest BCUT2D eigenvalue weighted by molar-refractivity contribution is 5.85. The number of halogens is 4. The van der Waals surface area contributed by atoms with Crippen LogP contribution in [0.4, 0.5) is 30.2 Å². The maximum Gasteiger partial charge on any atom is 0.416 e. The lowest BCUT2D eigenvalue weighted by molar-refractivity contribution is -0.137. The second kappa shape index (κ2) is 9.37. The van der Waals surface area contributed by atoms with Gasteiger partial charge >= 0.3 is 6.18 Å². The van der Waals surface area contributed by atoms with Crippen LogP contribution in [0.2, 0.25) is 0 Å². The van der Waals surface area contributed by atoms with Gasteiger partial charge in [0.05, 0.1) is 23.0 Å². The summed E-state index contributed by atoms with van der Waals surface area (Å²) in [6, 6.07) is 12.7. The Morgan fingerprint density at radius 1 is 1.14 bits per heavy atom. The summed E-state index contributed by atoms with van der Waals surface area (Å²) in [5.41, 5.74) is 7.78. The van der Waals surface area contributed by atoms with Gasteiger partial charge in [0.2, 0.25) is 5.91 Å². The fourth-order valence-corrected chi connectivity index (χ4v) is 3.47. The molecule has 1 aliphatic rings. The Hall–Kier alpha value is -2.45. The Morgan fingerprint density at radius 2 is 1.76 bits per heavy atom. The van der Waals surface area contributed by atoms with Gasteiger partial charge in [-0.25, -0.2) is 0 Å². The van der Waals surface area contributed by atoms with Crippen molar-refractivity contribution in [3.05, 3.63) is 54.1 Å². The highest BCUT2D eigenvalue weighted by atomic mass is 35.5. The number of alkyl halides is 3. The minimum absolute atomic E-state index is 0. The van der Waals surface area contributed by atoms with Crippen LogP contribution in [0.5, 0.6) is 0 Å². The summed E-state index contributed by atoms with van der Waals surface area (Å²) in [4.78, 5) is 15.8. The van der Waals surface area contributed by atoms with Gasteiger partial charge in [-0.05, 0) is 36.4 Å². The number of rotatable bonds is 5. The zero-order chi connectivity index (χ0) is 20.3. The molecule has 158 valence electrons. The fraction of sp³-hybridized carbons (Fsp3) is 0.350. The first-order valence-corrected chi connectivity index (χ1v) is 9.06. The van der Waals surface area contributed by atoms with Gasteiger partial charge in [-0.1, -0.05) is 12.1 Å². The Balaban J connectivity index is 0.00000300. The third kappa shape index (κ3) is 4.94. The van der Waals surface area contributed by atoms with Crippen LogP contribution in [0.15, 0.2) is 48.5 Å². The highest BCUT2D eigenvalue weighted by Crippen LogP contribution is 2.40. The normalized spacial score (nSPS) is 16.1. The Bertz CT molecular complexity index is 829. The quantitative estimate of drug-likeness (QED) is 0.764. The molecule has 1 aliphatic heterocycles. The van der Waals surface area contributed by atoms with Gasteiger partial charge in [0.15, 0.2) is 0 Å². The largest absolute Gasteiger partial charge is 0.416 e. The van der Waals surface area contributed by atoms with Crippen LogP contribution < -0.4 is 20.9 Å². The fourth-order valence-electron chi connectivity index (χ4n) is 3.47. The molecule has 1 heterocycles. The molecular formula is C20H24ClF3N4O. The molecule has 3 rings (SSSR count). The molecule has 0 aliphatic carbocycles. The van der Waals surface area contributed by atoms with E-state index in [0.29, 0.717) is 31.7 Å². The molecule has 0 radical (unpaired) electrons. The molecular weight excluding hydrogens is 405 g/mol. The van der Waals surface area contributed by atoms with Crippen LogP contribution >= 0.6 is 12.4 Å². The van der Waals surface area contributed by atoms with Gasteiger partial charge in [-0.2, -0.15) is 13.2 Å². The van der Waals surface area contributed by atoms with Gasteiger partial charge < -0.3 is 20.9 Å². The molecule has 1 amide bonds. The maximum atomic E-state index is 12.9. The van der Waals surface area contributed by atoms with Crippen molar-refractivity contribution in [2.45, 2.75) is 18.6 Å². The monoisotopic (exact) mass is 428 g/mol. The molecule has 0 aromatic heterocycles. The number of benzene rings is 2. The Labute approximate surface area is 174 Å². The van der Waals surface area contributed by atoms with Gasteiger partial charge in [0.1, 0.15) is 0 Å². The van der Waals surface area contributed by atoms with Gasteiger partial charge in [-0.3, -0.25) is 4.79 Å². The molecule has 9 heteroatoms. The summed E-state index contributed by atoms with van der Waals surface area (Å²) in [7, 11) is 1.60. The smallest absolute Gasteiger partial charge is 0.363 e. The van der Waals surface area contributed by atoms with Crippen molar-refractivity contribution in [1.82, 2.24) is 5.32 Å². The third-order valence-electron chi connectivity index (χ3n) is 4.95. The topological polar surface area (TPSA) is 61.6 Å². The second-order valence-electron chi connectivity index (χ2n) is 6.65. The number of amides is 1. The summed E-state index contributed by atoms with van der Waals surface area (Å²) in [5.74, 6) is -0.0570. The van der Waals surface area contributed by atoms with Crippen LogP contribution in [0, 0.1) is 0 Å². The number of fused-ring (bicyclic) bond motifs is 1. The second-order valence-corrected chi connectivity index (χ2v) is 6.65. The third-order valence-corrected chi connectivity index (χ3v) is 4.95. The van der Waals surface area contributed by atoms with Crippen molar-refractivity contribution in [2.75, 3.05) is 36.5 Å². The van der Waals surface area contributed by atoms with Crippen molar-refractivity contribution in [2.24, 2.45) is 5.73 Å². The van der Waals surface area contributed by atoms with Gasteiger partial charge in [0.25, 0.3) is 0 Å². The first kappa shape index (κ1) is 22.8. The summed E-state index contributed by atoms with van der Waals surface area (Å²) in [6.45, 7) is 1.39. The minimum atomic E-state index is -4.37. The van der Waals surface area contributed by atoms with Crippen molar-refractivity contribution >= 4 is 35.4 Å². The number of nitrogens with zero attached hydrogens (tertiary/aromatic N) is 2. The van der Waals surface area contributed by atoms with E-state index in [0.717, 1.165) is 23.5 Å². The minimum Gasteiger partial charge on any atom is -0.363 e. The summed E-state index contributed by atoms with van der Waals surface area (Å²) in [5, 5.41) is 2.61. The lowest BCUT2D eigenvalue weighted by atomic mass is 10.0. The number of nitrogens with one attached hydrogen (secondary N) is 1. The number of carbonyl (C=O) groups excluding carboxylic acids is 1. The lowest BCUT2D eigenvalue weighted by Crippen LogP contribution is -2.52. The Kier molecular flexibility index (Phi) is 7.37. The van der Waals surface area contributed by atoms with Crippen molar-refractivity contribution in [1.29, 1.82) is 0 Å². The number of hydrogen-bond acceptors (Lipinski definition) is 4. The number of nitrogens with two attached hydrogens (primary N) is 1. The molecule has 0 saturated heterocycles. The zero-order valence-electron chi connectivity index (χ0n) is 15.9. The molecule has 0 bridgehead atoms. The van der Waals surface area contributed by atoms with E-state index in [9.17, 15) is 18.0 Å². The molecule has 0 spiro atoms. The first-order chi connectivity index (χ1) is 13.3. The molecule has 1 atom stereocenters. The summed E-state index contributed by atoms with van der Waals surface area (Å²) in [6.07, 6.45) is -4.03. The van der Waals surface area contributed by atoms with Crippen LogP contribution in [0.1, 0.15) is 12.0 Å². The number of carbonyl (C=O) groups is 1. The van der Waals surface area contributed by atoms with E-state index in [2.05, 4.69) is 10.2 Å². The van der Waals surface area contributed by atoms with Crippen LogP contribution in [0.3, 0.4) is 0 Å². The van der Waals surface area contributed by atoms with Gasteiger partial charge in [-0.15, -0.1) is 12.4 Å². The lowest BCUT2D eigenvalue weighted by Gasteiger charge is -2.44. The molecule has 5 nitrogen and oxygen atoms in total. The standard InChI is InChI=1S/C20H23F3N4O.ClH/c1-25-19(28)10-11-26-16(12-24)13-27(18-5-3-2-4-17(18)26)15-8-6-14(7-9-15)20(21,22)23;/h2-9,16H,10-13,24H2,1H3,(H,25,28);1H. The van der Waals surface area contributed by atoms with Crippen molar-refractivity contribution in [3.63, 3.8) is 0 Å². The van der Waals surface area contributed by atoms with E-state index in [1.165, 1.54) is 12.1 Å². The van der Waals surface area contributed by atoms with E-state index < -0.39 is 11.7 Å². The highest BCUT2D eigenvalue weighted by Gasteiger charge is 2.32. The molecule has 2 aromatic carbocycles. The van der Waals surface area contributed by atoms with E-state index in [4.69, 9.17) is 5.73 Å². The molecule has 3 N–H and O–H groups in total. The number of para-hydroxylation sites is 2. The summed E-state index contributed by atoms with van der Waals surface area (Å²) < 4.78 is 38.6. The Morgan fingerprint density at radius 3 is 2.31 bits per heavy atom. The average Bonchev–Trinajstić information content (AvgIpc) is 2.70. The van der Waals surface area contributed by atoms with E-state index in [1.54, 1.807) is 7.05 Å². The van der Waals surface area contributed by atoms with Crippen LogP contribution in [0.25, 0.3) is 0 Å². The van der Waals surface area contributed by atoms with E-state index in [1.807, 2.05) is 29.2 Å². The van der Waals surface area contributed by atoms with Gasteiger partial charge in [0, 0.05) is 38.8 Å². The average molecular weight is 429 g/mol. The van der Waals surface area contributed by atoms with Crippen molar-refractivity contribution in [3.8, 4) is 0 Å². The molecule has 29 heavy (non-hydrogen) atoms. The predicted octanol–water partition coefficient (Wildman–Crippen LogP) is 3.55. The van der Waals surface area contributed by atoms with E-state index in [-0.39, 0.29) is 24.4 Å². The predicted molar refractivity (Wildman–Crippen MR) is 111 cm³/mol. The number of anilines is 3. The first-order valence-electron chi connectivity index (χ1n) is 9.06. The maximum absolute atomic E-state index is 12.9. The zero-order valence-corrected chi connectivity index (χ0v) is 16.8. The molecule has 1 unspecified atom stereocenters. The molecule has 0 saturated carbocycles. The number of hydrogen-bond donors (Lipinski definition) is 2. The van der Waals surface area contributed by atoms with Crippen molar-refractivity contribution < 1.29 is 18.0 Å². The SMILES string of the molecule is CNC(=O)CCN1c2ccccc2N(c2ccc(C(F)(F)F)cc2)CC1CN.Cl.